The zero-order chi connectivity index (χ0) is 15.2. The number of aromatic nitrogens is 1. The molecule has 6 heteroatoms. The molecule has 2 amide bonds. The predicted molar refractivity (Wildman–Crippen MR) is 77.9 cm³/mol. The first-order chi connectivity index (χ1) is 10.1. The first-order valence-corrected chi connectivity index (χ1v) is 7.07. The second-order valence-electron chi connectivity index (χ2n) is 5.22. The van der Waals surface area contributed by atoms with Crippen LogP contribution in [-0.2, 0) is 16.0 Å². The molecule has 1 atom stereocenters. The number of rotatable bonds is 6. The summed E-state index contributed by atoms with van der Waals surface area (Å²) in [6.45, 7) is 1.93. The minimum Gasteiger partial charge on any atom is -0.383 e. The molecule has 1 N–H and O–H groups in total. The molecule has 0 aromatic carbocycles. The predicted octanol–water partition coefficient (Wildman–Crippen LogP) is 0.479. The number of ether oxygens (including phenoxy) is 1. The van der Waals surface area contributed by atoms with Crippen molar-refractivity contribution >= 4 is 11.8 Å². The fraction of sp³-hybridized carbons (Fsp3) is 0.533. The zero-order valence-electron chi connectivity index (χ0n) is 12.5. The van der Waals surface area contributed by atoms with Crippen LogP contribution in [0.15, 0.2) is 18.3 Å². The fourth-order valence-electron chi connectivity index (χ4n) is 2.58. The van der Waals surface area contributed by atoms with Gasteiger partial charge in [-0.25, -0.2) is 0 Å². The largest absolute Gasteiger partial charge is 0.383 e. The van der Waals surface area contributed by atoms with Crippen LogP contribution >= 0.6 is 0 Å². The third-order valence-electron chi connectivity index (χ3n) is 3.66. The van der Waals surface area contributed by atoms with Crippen molar-refractivity contribution in [3.63, 3.8) is 0 Å². The van der Waals surface area contributed by atoms with Crippen LogP contribution in [0.3, 0.4) is 0 Å². The Hall–Kier alpha value is -1.95. The summed E-state index contributed by atoms with van der Waals surface area (Å²) in [5.74, 6) is 0.296. The molecule has 1 aromatic rings. The molecule has 114 valence electrons. The van der Waals surface area contributed by atoms with E-state index in [-0.39, 0.29) is 17.7 Å². The van der Waals surface area contributed by atoms with E-state index in [1.54, 1.807) is 32.5 Å². The summed E-state index contributed by atoms with van der Waals surface area (Å²) < 4.78 is 5.01. The maximum atomic E-state index is 11.9. The molecular weight excluding hydrogens is 270 g/mol. The van der Waals surface area contributed by atoms with E-state index in [9.17, 15) is 9.59 Å². The highest BCUT2D eigenvalue weighted by atomic mass is 16.5. The van der Waals surface area contributed by atoms with Crippen LogP contribution in [0.2, 0.25) is 0 Å². The third kappa shape index (κ3) is 4.01. The molecule has 1 aliphatic rings. The maximum absolute atomic E-state index is 11.9. The van der Waals surface area contributed by atoms with Crippen LogP contribution in [-0.4, -0.2) is 55.6 Å². The van der Waals surface area contributed by atoms with E-state index < -0.39 is 0 Å². The highest BCUT2D eigenvalue weighted by Gasteiger charge is 2.29. The molecule has 1 aliphatic heterocycles. The van der Waals surface area contributed by atoms with Crippen molar-refractivity contribution in [3.8, 4) is 0 Å². The van der Waals surface area contributed by atoms with Gasteiger partial charge in [-0.1, -0.05) is 0 Å². The standard InChI is InChI=1S/C15H21N3O3/c1-16-15(20)12-3-4-17-13(9-12)7-11-8-14(19)18(10-11)5-6-21-2/h3-4,9,11H,5-8,10H2,1-2H3,(H,16,20)/t11-/m0/s1. The van der Waals surface area contributed by atoms with Gasteiger partial charge < -0.3 is 15.0 Å². The van der Waals surface area contributed by atoms with Gasteiger partial charge in [-0.15, -0.1) is 0 Å². The van der Waals surface area contributed by atoms with Crippen LogP contribution in [0.5, 0.6) is 0 Å². The number of amides is 2. The lowest BCUT2D eigenvalue weighted by molar-refractivity contribution is -0.128. The van der Waals surface area contributed by atoms with Gasteiger partial charge in [0.25, 0.3) is 5.91 Å². The first-order valence-electron chi connectivity index (χ1n) is 7.07. The second-order valence-corrected chi connectivity index (χ2v) is 5.22. The Balaban J connectivity index is 1.96. The number of carbonyl (C=O) groups is 2. The molecule has 0 bridgehead atoms. The maximum Gasteiger partial charge on any atom is 0.251 e. The molecule has 0 aliphatic carbocycles. The van der Waals surface area contributed by atoms with Gasteiger partial charge in [-0.2, -0.15) is 0 Å². The second kappa shape index (κ2) is 7.17. The smallest absolute Gasteiger partial charge is 0.251 e. The van der Waals surface area contributed by atoms with Gasteiger partial charge in [0.05, 0.1) is 6.61 Å². The molecule has 0 saturated carbocycles. The lowest BCUT2D eigenvalue weighted by atomic mass is 10.0. The summed E-state index contributed by atoms with van der Waals surface area (Å²) in [6.07, 6.45) is 2.88. The Morgan fingerprint density at radius 3 is 3.10 bits per heavy atom. The number of pyridine rings is 1. The first kappa shape index (κ1) is 15.4. The van der Waals surface area contributed by atoms with Gasteiger partial charge in [0, 0.05) is 51.1 Å². The SMILES string of the molecule is CNC(=O)c1ccnc(C[C@H]2CC(=O)N(CCOC)C2)c1. The monoisotopic (exact) mass is 291 g/mol. The van der Waals surface area contributed by atoms with Crippen molar-refractivity contribution in [2.45, 2.75) is 12.8 Å². The van der Waals surface area contributed by atoms with E-state index in [1.165, 1.54) is 0 Å². The van der Waals surface area contributed by atoms with Crippen molar-refractivity contribution in [3.05, 3.63) is 29.6 Å². The van der Waals surface area contributed by atoms with Crippen molar-refractivity contribution in [1.29, 1.82) is 0 Å². The van der Waals surface area contributed by atoms with Gasteiger partial charge in [0.15, 0.2) is 0 Å². The third-order valence-corrected chi connectivity index (χ3v) is 3.66. The number of hydrogen-bond acceptors (Lipinski definition) is 4. The van der Waals surface area contributed by atoms with Gasteiger partial charge in [-0.3, -0.25) is 14.6 Å². The van der Waals surface area contributed by atoms with Gasteiger partial charge >= 0.3 is 0 Å². The molecule has 21 heavy (non-hydrogen) atoms. The van der Waals surface area contributed by atoms with E-state index in [4.69, 9.17) is 4.74 Å². The summed E-state index contributed by atoms with van der Waals surface area (Å²) >= 11 is 0. The van der Waals surface area contributed by atoms with E-state index >= 15 is 0 Å². The molecule has 0 spiro atoms. The van der Waals surface area contributed by atoms with Crippen molar-refractivity contribution in [2.24, 2.45) is 5.92 Å². The molecule has 2 heterocycles. The molecular formula is C15H21N3O3. The summed E-state index contributed by atoms with van der Waals surface area (Å²) in [5.41, 5.74) is 1.45. The normalized spacial score (nSPS) is 18.1. The van der Waals surface area contributed by atoms with Crippen LogP contribution < -0.4 is 5.32 Å². The lowest BCUT2D eigenvalue weighted by Crippen LogP contribution is -2.29. The van der Waals surface area contributed by atoms with Crippen molar-refractivity contribution in [2.75, 3.05) is 33.9 Å². The van der Waals surface area contributed by atoms with E-state index in [1.807, 2.05) is 4.90 Å². The molecule has 6 nitrogen and oxygen atoms in total. The summed E-state index contributed by atoms with van der Waals surface area (Å²) in [5, 5.41) is 2.60. The van der Waals surface area contributed by atoms with E-state index in [0.717, 1.165) is 12.2 Å². The van der Waals surface area contributed by atoms with Gasteiger partial charge in [0.2, 0.25) is 5.91 Å². The molecule has 0 unspecified atom stereocenters. The van der Waals surface area contributed by atoms with Crippen LogP contribution in [0.4, 0.5) is 0 Å². The average molecular weight is 291 g/mol. The molecule has 2 rings (SSSR count). The number of methoxy groups -OCH3 is 1. The number of nitrogens with zero attached hydrogens (tertiary/aromatic N) is 2. The van der Waals surface area contributed by atoms with Gasteiger partial charge in [0.1, 0.15) is 0 Å². The lowest BCUT2D eigenvalue weighted by Gasteiger charge is -2.15. The van der Waals surface area contributed by atoms with Crippen LogP contribution in [0, 0.1) is 5.92 Å². The molecule has 1 aromatic heterocycles. The molecule has 1 saturated heterocycles. The Bertz CT molecular complexity index is 519. The minimum absolute atomic E-state index is 0.122. The minimum atomic E-state index is -0.122. The van der Waals surface area contributed by atoms with E-state index in [0.29, 0.717) is 31.6 Å². The van der Waals surface area contributed by atoms with Crippen molar-refractivity contribution in [1.82, 2.24) is 15.2 Å². The van der Waals surface area contributed by atoms with Gasteiger partial charge in [-0.05, 0) is 24.5 Å². The Morgan fingerprint density at radius 2 is 2.38 bits per heavy atom. The Kier molecular flexibility index (Phi) is 5.27. The van der Waals surface area contributed by atoms with Crippen LogP contribution in [0.25, 0.3) is 0 Å². The zero-order valence-corrected chi connectivity index (χ0v) is 12.5. The molecule has 1 fully saturated rings. The van der Waals surface area contributed by atoms with Crippen molar-refractivity contribution < 1.29 is 14.3 Å². The number of nitrogens with one attached hydrogen (secondary N) is 1. The number of carbonyl (C=O) groups excluding carboxylic acids is 2. The fourth-order valence-corrected chi connectivity index (χ4v) is 2.58. The Morgan fingerprint density at radius 1 is 1.57 bits per heavy atom. The highest BCUT2D eigenvalue weighted by molar-refractivity contribution is 5.93. The number of likely N-dealkylation sites (tertiary alicyclic amines) is 1. The Labute approximate surface area is 124 Å². The quantitative estimate of drug-likeness (QED) is 0.827. The number of hydrogen-bond donors (Lipinski definition) is 1. The summed E-state index contributed by atoms with van der Waals surface area (Å²) in [7, 11) is 3.23. The summed E-state index contributed by atoms with van der Waals surface area (Å²) in [6, 6.07) is 3.48. The summed E-state index contributed by atoms with van der Waals surface area (Å²) in [4.78, 5) is 29.6. The molecule has 0 radical (unpaired) electrons. The topological polar surface area (TPSA) is 71.5 Å². The van der Waals surface area contributed by atoms with Crippen LogP contribution in [0.1, 0.15) is 22.5 Å². The van der Waals surface area contributed by atoms with E-state index in [2.05, 4.69) is 10.3 Å². The highest BCUT2D eigenvalue weighted by Crippen LogP contribution is 2.21. The average Bonchev–Trinajstić information content (AvgIpc) is 2.84.